The number of methoxy groups -OCH3 is 1. The number of benzene rings is 3. The molecule has 210 valence electrons. The maximum Gasteiger partial charge on any atom is 0.244 e. The van der Waals surface area contributed by atoms with Gasteiger partial charge in [0.05, 0.1) is 18.4 Å². The Hall–Kier alpha value is -5.78. The van der Waals surface area contributed by atoms with E-state index < -0.39 is 0 Å². The lowest BCUT2D eigenvalue weighted by Crippen LogP contribution is -2.02. The smallest absolute Gasteiger partial charge is 0.244 e. The van der Waals surface area contributed by atoms with Gasteiger partial charge < -0.3 is 18.6 Å². The summed E-state index contributed by atoms with van der Waals surface area (Å²) in [6, 6.07) is 22.5. The predicted molar refractivity (Wildman–Crippen MR) is 150 cm³/mol. The zero-order valence-corrected chi connectivity index (χ0v) is 22.7. The van der Waals surface area contributed by atoms with E-state index in [1.165, 1.54) is 0 Å². The molecule has 3 aromatic heterocycles. The van der Waals surface area contributed by atoms with E-state index in [0.29, 0.717) is 40.2 Å². The summed E-state index contributed by atoms with van der Waals surface area (Å²) in [5, 5.41) is 18.5. The zero-order valence-electron chi connectivity index (χ0n) is 22.7. The molecule has 42 heavy (non-hydrogen) atoms. The predicted octanol–water partition coefficient (Wildman–Crippen LogP) is 4.99. The molecular formula is C30H25N7O5. The van der Waals surface area contributed by atoms with Crippen LogP contribution in [-0.4, -0.2) is 48.8 Å². The number of aromatic amines is 1. The molecule has 0 amide bonds. The van der Waals surface area contributed by atoms with E-state index >= 15 is 0 Å². The van der Waals surface area contributed by atoms with Crippen LogP contribution in [0.3, 0.4) is 0 Å². The van der Waals surface area contributed by atoms with Gasteiger partial charge in [0.25, 0.3) is 0 Å². The van der Waals surface area contributed by atoms with Crippen LogP contribution in [0.1, 0.15) is 27.4 Å². The maximum absolute atomic E-state index is 11.6. The van der Waals surface area contributed by atoms with Crippen molar-refractivity contribution < 1.29 is 23.4 Å². The van der Waals surface area contributed by atoms with Crippen LogP contribution >= 0.6 is 0 Å². The third kappa shape index (κ3) is 5.59. The summed E-state index contributed by atoms with van der Waals surface area (Å²) < 4.78 is 25.0. The van der Waals surface area contributed by atoms with E-state index in [1.54, 1.807) is 24.1 Å². The highest BCUT2D eigenvalue weighted by Crippen LogP contribution is 2.31. The number of nitrogens with one attached hydrogen (secondary N) is 1. The van der Waals surface area contributed by atoms with E-state index in [0.717, 1.165) is 28.7 Å². The molecule has 12 heteroatoms. The van der Waals surface area contributed by atoms with Crippen LogP contribution in [0.5, 0.6) is 17.4 Å². The molecule has 0 aliphatic carbocycles. The number of tetrazole rings is 1. The molecule has 0 spiro atoms. The molecule has 0 atom stereocenters. The second kappa shape index (κ2) is 11.8. The van der Waals surface area contributed by atoms with Crippen molar-refractivity contribution >= 4 is 6.29 Å². The monoisotopic (exact) mass is 563 g/mol. The normalized spacial score (nSPS) is 10.9. The molecule has 3 aromatic carbocycles. The van der Waals surface area contributed by atoms with Crippen LogP contribution in [0.2, 0.25) is 0 Å². The summed E-state index contributed by atoms with van der Waals surface area (Å²) in [6.45, 7) is 2.19. The number of aromatic nitrogens is 7. The number of hydrogen-bond acceptors (Lipinski definition) is 10. The lowest BCUT2D eigenvalue weighted by Gasteiger charge is -2.12. The summed E-state index contributed by atoms with van der Waals surface area (Å²) in [5.41, 5.74) is 4.21. The molecule has 0 aliphatic heterocycles. The molecular weight excluding hydrogens is 538 g/mol. The lowest BCUT2D eigenvalue weighted by molar-refractivity contribution is 0.111. The van der Waals surface area contributed by atoms with Gasteiger partial charge in [-0.3, -0.25) is 4.79 Å². The van der Waals surface area contributed by atoms with Crippen molar-refractivity contribution in [1.29, 1.82) is 0 Å². The Morgan fingerprint density at radius 1 is 0.952 bits per heavy atom. The minimum atomic E-state index is 0.172. The number of para-hydroxylation sites is 1. The molecule has 0 saturated heterocycles. The van der Waals surface area contributed by atoms with Gasteiger partial charge >= 0.3 is 0 Å². The number of H-pyrrole nitrogens is 1. The topological polar surface area (TPSA) is 143 Å². The number of carbonyl (C=O) groups is 1. The van der Waals surface area contributed by atoms with Crippen molar-refractivity contribution in [3.63, 3.8) is 0 Å². The van der Waals surface area contributed by atoms with Crippen molar-refractivity contribution in [2.45, 2.75) is 20.1 Å². The molecule has 0 saturated carbocycles. The quantitative estimate of drug-likeness (QED) is 0.214. The van der Waals surface area contributed by atoms with E-state index in [4.69, 9.17) is 18.6 Å². The molecule has 1 N–H and O–H groups in total. The van der Waals surface area contributed by atoms with Crippen LogP contribution in [0.15, 0.2) is 83.4 Å². The fraction of sp³-hybridized carbons (Fsp3) is 0.133. The average Bonchev–Trinajstić information content (AvgIpc) is 3.80. The standard InChI is InChI=1S/C30H25N7O5/c1-19-25(31-29(42-19)22-8-6-7-21(14-22)28-32-35-36-33-28)18-40-26-12-11-20(13-27(26)39-2)17-41-30-23(16-38)15-37(34-30)24-9-4-3-5-10-24/h3-16H,17-18H2,1-2H3,(H,32,33,35,36). The van der Waals surface area contributed by atoms with Gasteiger partial charge in [-0.15, -0.1) is 15.3 Å². The first-order valence-corrected chi connectivity index (χ1v) is 12.9. The number of carbonyl (C=O) groups excluding carboxylic acids is 1. The first kappa shape index (κ1) is 26.4. The molecule has 0 bridgehead atoms. The van der Waals surface area contributed by atoms with Gasteiger partial charge in [-0.05, 0) is 54.1 Å². The number of ether oxygens (including phenoxy) is 3. The van der Waals surface area contributed by atoms with E-state index in [2.05, 4.69) is 30.7 Å². The number of nitrogens with zero attached hydrogens (tertiary/aromatic N) is 6. The van der Waals surface area contributed by atoms with Crippen molar-refractivity contribution in [3.05, 3.63) is 102 Å². The third-order valence-electron chi connectivity index (χ3n) is 6.43. The van der Waals surface area contributed by atoms with Gasteiger partial charge in [-0.1, -0.05) is 36.4 Å². The summed E-state index contributed by atoms with van der Waals surface area (Å²) in [4.78, 5) is 16.2. The zero-order chi connectivity index (χ0) is 28.9. The summed E-state index contributed by atoms with van der Waals surface area (Å²) in [6.07, 6.45) is 2.36. The first-order chi connectivity index (χ1) is 20.6. The number of rotatable bonds is 11. The average molecular weight is 564 g/mol. The molecule has 12 nitrogen and oxygen atoms in total. The van der Waals surface area contributed by atoms with Crippen molar-refractivity contribution in [2.24, 2.45) is 0 Å². The van der Waals surface area contributed by atoms with Crippen LogP contribution in [0, 0.1) is 6.92 Å². The molecule has 0 radical (unpaired) electrons. The number of aryl methyl sites for hydroxylation is 1. The largest absolute Gasteiger partial charge is 0.493 e. The first-order valence-electron chi connectivity index (χ1n) is 12.9. The van der Waals surface area contributed by atoms with Gasteiger partial charge in [0.15, 0.2) is 17.8 Å². The minimum Gasteiger partial charge on any atom is -0.493 e. The van der Waals surface area contributed by atoms with Crippen molar-refractivity contribution in [1.82, 2.24) is 35.4 Å². The number of oxazole rings is 1. The van der Waals surface area contributed by atoms with Gasteiger partial charge in [-0.25, -0.2) is 9.67 Å². The molecule has 6 aromatic rings. The van der Waals surface area contributed by atoms with Crippen molar-refractivity contribution in [2.75, 3.05) is 7.11 Å². The Labute approximate surface area is 239 Å². The fourth-order valence-corrected chi connectivity index (χ4v) is 4.26. The van der Waals surface area contributed by atoms with Gasteiger partial charge in [0.1, 0.15) is 24.7 Å². The van der Waals surface area contributed by atoms with E-state index in [9.17, 15) is 4.79 Å². The summed E-state index contributed by atoms with van der Waals surface area (Å²) in [5.74, 6) is 2.88. The highest BCUT2D eigenvalue weighted by molar-refractivity contribution is 5.78. The van der Waals surface area contributed by atoms with Crippen LogP contribution in [0.25, 0.3) is 28.5 Å². The SMILES string of the molecule is COc1cc(COc2nn(-c3ccccc3)cc2C=O)ccc1OCc1nc(-c2cccc(-c3nn[nH]n3)c2)oc1C. The lowest BCUT2D eigenvalue weighted by atomic mass is 10.1. The van der Waals surface area contributed by atoms with Crippen LogP contribution in [0.4, 0.5) is 0 Å². The summed E-state index contributed by atoms with van der Waals surface area (Å²) in [7, 11) is 1.56. The number of aldehydes is 1. The van der Waals surface area contributed by atoms with Crippen LogP contribution in [-0.2, 0) is 13.2 Å². The highest BCUT2D eigenvalue weighted by atomic mass is 16.5. The molecule has 0 unspecified atom stereocenters. The van der Waals surface area contributed by atoms with Crippen molar-refractivity contribution in [3.8, 4) is 45.9 Å². The van der Waals surface area contributed by atoms with Gasteiger partial charge in [-0.2, -0.15) is 5.21 Å². The second-order valence-electron chi connectivity index (χ2n) is 9.19. The Morgan fingerprint density at radius 2 is 1.81 bits per heavy atom. The molecule has 6 rings (SSSR count). The Bertz CT molecular complexity index is 1810. The Kier molecular flexibility index (Phi) is 7.40. The second-order valence-corrected chi connectivity index (χ2v) is 9.19. The fourth-order valence-electron chi connectivity index (χ4n) is 4.26. The molecule has 3 heterocycles. The summed E-state index contributed by atoms with van der Waals surface area (Å²) >= 11 is 0. The third-order valence-corrected chi connectivity index (χ3v) is 6.43. The molecule has 0 fully saturated rings. The van der Waals surface area contributed by atoms with Gasteiger partial charge in [0.2, 0.25) is 17.6 Å². The Balaban J connectivity index is 1.13. The number of hydrogen-bond donors (Lipinski definition) is 1. The molecule has 0 aliphatic rings. The Morgan fingerprint density at radius 3 is 2.60 bits per heavy atom. The highest BCUT2D eigenvalue weighted by Gasteiger charge is 2.16. The van der Waals surface area contributed by atoms with Gasteiger partial charge in [0, 0.05) is 17.3 Å². The van der Waals surface area contributed by atoms with E-state index in [-0.39, 0.29) is 19.1 Å². The van der Waals surface area contributed by atoms with Crippen LogP contribution < -0.4 is 14.2 Å². The van der Waals surface area contributed by atoms with E-state index in [1.807, 2.05) is 73.7 Å². The minimum absolute atomic E-state index is 0.172. The maximum atomic E-state index is 11.6.